The van der Waals surface area contributed by atoms with Gasteiger partial charge in [-0.3, -0.25) is 0 Å². The number of ether oxygens (including phenoxy) is 2. The number of benzene rings is 1. The molecule has 4 aromatic rings. The summed E-state index contributed by atoms with van der Waals surface area (Å²) in [6.45, 7) is 1.90. The third kappa shape index (κ3) is 3.17. The largest absolute Gasteiger partial charge is 0.495 e. The van der Waals surface area contributed by atoms with E-state index < -0.39 is 0 Å². The van der Waals surface area contributed by atoms with Crippen molar-refractivity contribution in [3.05, 3.63) is 60.4 Å². The molecule has 0 atom stereocenters. The van der Waals surface area contributed by atoms with Crippen LogP contribution in [0.2, 0.25) is 0 Å². The van der Waals surface area contributed by atoms with Crippen LogP contribution in [-0.4, -0.2) is 34.2 Å². The number of hydrogen-bond donors (Lipinski definition) is 0. The van der Waals surface area contributed by atoms with Crippen molar-refractivity contribution >= 4 is 10.9 Å². The van der Waals surface area contributed by atoms with Gasteiger partial charge in [0.2, 0.25) is 5.88 Å². The summed E-state index contributed by atoms with van der Waals surface area (Å²) in [4.78, 5) is 18.4. The minimum absolute atomic E-state index is 0.560. The zero-order valence-corrected chi connectivity index (χ0v) is 15.3. The Labute approximate surface area is 156 Å². The molecule has 3 aromatic heterocycles. The highest BCUT2D eigenvalue weighted by atomic mass is 16.5. The summed E-state index contributed by atoms with van der Waals surface area (Å²) in [6.07, 6.45) is 1.75. The van der Waals surface area contributed by atoms with Crippen LogP contribution in [0.4, 0.5) is 0 Å². The maximum Gasteiger partial charge on any atom is 0.212 e. The van der Waals surface area contributed by atoms with Gasteiger partial charge >= 0.3 is 0 Å². The highest BCUT2D eigenvalue weighted by molar-refractivity contribution is 5.93. The molecule has 0 radical (unpaired) electrons. The van der Waals surface area contributed by atoms with E-state index in [2.05, 4.69) is 9.97 Å². The van der Waals surface area contributed by atoms with Crippen LogP contribution in [0.3, 0.4) is 0 Å². The van der Waals surface area contributed by atoms with Gasteiger partial charge in [-0.1, -0.05) is 18.2 Å². The summed E-state index contributed by atoms with van der Waals surface area (Å²) in [5.41, 5.74) is 4.03. The second kappa shape index (κ2) is 6.99. The summed E-state index contributed by atoms with van der Waals surface area (Å²) in [7, 11) is 3.23. The predicted molar refractivity (Wildman–Crippen MR) is 104 cm³/mol. The Kier molecular flexibility index (Phi) is 4.38. The van der Waals surface area contributed by atoms with Gasteiger partial charge < -0.3 is 9.47 Å². The maximum absolute atomic E-state index is 5.30. The van der Waals surface area contributed by atoms with E-state index >= 15 is 0 Å². The Morgan fingerprint density at radius 3 is 2.37 bits per heavy atom. The summed E-state index contributed by atoms with van der Waals surface area (Å²) >= 11 is 0. The molecular formula is C21H18N4O2. The van der Waals surface area contributed by atoms with Crippen molar-refractivity contribution in [3.8, 4) is 34.4 Å². The smallest absolute Gasteiger partial charge is 0.212 e. The SMILES string of the molecule is COc1ccc(-c2nc(-c3ccc(OC)c(C)n3)nc3ccccc23)cn1. The van der Waals surface area contributed by atoms with Crippen LogP contribution in [0.25, 0.3) is 33.7 Å². The second-order valence-electron chi connectivity index (χ2n) is 5.99. The third-order valence-electron chi connectivity index (χ3n) is 4.31. The van der Waals surface area contributed by atoms with Crippen molar-refractivity contribution in [2.75, 3.05) is 14.2 Å². The van der Waals surface area contributed by atoms with Crippen molar-refractivity contribution in [2.24, 2.45) is 0 Å². The van der Waals surface area contributed by atoms with Crippen LogP contribution < -0.4 is 9.47 Å². The lowest BCUT2D eigenvalue weighted by molar-refractivity contribution is 0.398. The average molecular weight is 358 g/mol. The van der Waals surface area contributed by atoms with Crippen LogP contribution in [0.1, 0.15) is 5.69 Å². The average Bonchev–Trinajstić information content (AvgIpc) is 2.73. The molecule has 1 aromatic carbocycles. The molecule has 4 rings (SSSR count). The summed E-state index contributed by atoms with van der Waals surface area (Å²) in [6, 6.07) is 15.4. The van der Waals surface area contributed by atoms with Gasteiger partial charge in [0.05, 0.1) is 31.1 Å². The molecule has 0 N–H and O–H groups in total. The number of fused-ring (bicyclic) bond motifs is 1. The Morgan fingerprint density at radius 2 is 1.67 bits per heavy atom. The van der Waals surface area contributed by atoms with E-state index in [4.69, 9.17) is 19.4 Å². The molecule has 6 heteroatoms. The summed E-state index contributed by atoms with van der Waals surface area (Å²) in [5.74, 6) is 1.86. The fourth-order valence-corrected chi connectivity index (χ4v) is 2.94. The number of nitrogens with zero attached hydrogens (tertiary/aromatic N) is 4. The molecule has 0 spiro atoms. The van der Waals surface area contributed by atoms with Crippen molar-refractivity contribution in [2.45, 2.75) is 6.92 Å². The molecule has 3 heterocycles. The third-order valence-corrected chi connectivity index (χ3v) is 4.31. The number of pyridine rings is 2. The van der Waals surface area contributed by atoms with Crippen LogP contribution in [0.5, 0.6) is 11.6 Å². The van der Waals surface area contributed by atoms with E-state index in [9.17, 15) is 0 Å². The van der Waals surface area contributed by atoms with Crippen molar-refractivity contribution in [1.82, 2.24) is 19.9 Å². The first kappa shape index (κ1) is 16.9. The number of hydrogen-bond acceptors (Lipinski definition) is 6. The number of aryl methyl sites for hydroxylation is 1. The van der Waals surface area contributed by atoms with Gasteiger partial charge in [-0.2, -0.15) is 0 Å². The number of para-hydroxylation sites is 1. The Hall–Kier alpha value is -3.54. The highest BCUT2D eigenvalue weighted by Gasteiger charge is 2.13. The molecule has 134 valence electrons. The van der Waals surface area contributed by atoms with Crippen molar-refractivity contribution in [1.29, 1.82) is 0 Å². The molecular weight excluding hydrogens is 340 g/mol. The van der Waals surface area contributed by atoms with Gasteiger partial charge in [-0.05, 0) is 31.2 Å². The molecule has 0 aliphatic carbocycles. The summed E-state index contributed by atoms with van der Waals surface area (Å²) in [5, 5.41) is 0.957. The number of rotatable bonds is 4. The van der Waals surface area contributed by atoms with Gasteiger partial charge in [0, 0.05) is 23.2 Å². The highest BCUT2D eigenvalue weighted by Crippen LogP contribution is 2.29. The first-order valence-corrected chi connectivity index (χ1v) is 8.49. The topological polar surface area (TPSA) is 70.0 Å². The lowest BCUT2D eigenvalue weighted by atomic mass is 10.1. The molecule has 0 aliphatic rings. The Bertz CT molecular complexity index is 1110. The molecule has 6 nitrogen and oxygen atoms in total. The lowest BCUT2D eigenvalue weighted by Crippen LogP contribution is -1.99. The molecule has 0 saturated carbocycles. The zero-order valence-electron chi connectivity index (χ0n) is 15.3. The quantitative estimate of drug-likeness (QED) is 0.547. The predicted octanol–water partition coefficient (Wildman–Crippen LogP) is 4.08. The monoisotopic (exact) mass is 358 g/mol. The van der Waals surface area contributed by atoms with E-state index in [-0.39, 0.29) is 0 Å². The first-order chi connectivity index (χ1) is 13.2. The second-order valence-corrected chi connectivity index (χ2v) is 5.99. The molecule has 0 amide bonds. The normalized spacial score (nSPS) is 10.8. The number of aromatic nitrogens is 4. The molecule has 0 unspecified atom stereocenters. The van der Waals surface area contributed by atoms with E-state index in [1.54, 1.807) is 20.4 Å². The molecule has 0 fully saturated rings. The fraction of sp³-hybridized carbons (Fsp3) is 0.143. The van der Waals surface area contributed by atoms with Gasteiger partial charge in [-0.25, -0.2) is 19.9 Å². The van der Waals surface area contributed by atoms with E-state index in [0.29, 0.717) is 17.4 Å². The van der Waals surface area contributed by atoms with E-state index in [1.165, 1.54) is 0 Å². The van der Waals surface area contributed by atoms with Gasteiger partial charge in [-0.15, -0.1) is 0 Å². The van der Waals surface area contributed by atoms with Crippen LogP contribution >= 0.6 is 0 Å². The Morgan fingerprint density at radius 1 is 0.815 bits per heavy atom. The molecule has 0 saturated heterocycles. The molecule has 27 heavy (non-hydrogen) atoms. The van der Waals surface area contributed by atoms with Crippen LogP contribution in [0, 0.1) is 6.92 Å². The van der Waals surface area contributed by atoms with Crippen molar-refractivity contribution < 1.29 is 9.47 Å². The molecule has 0 aliphatic heterocycles. The van der Waals surface area contributed by atoms with E-state index in [1.807, 2.05) is 55.5 Å². The van der Waals surface area contributed by atoms with Gasteiger partial charge in [0.15, 0.2) is 5.82 Å². The zero-order chi connectivity index (χ0) is 18.8. The molecule has 0 bridgehead atoms. The first-order valence-electron chi connectivity index (χ1n) is 8.49. The summed E-state index contributed by atoms with van der Waals surface area (Å²) < 4.78 is 10.5. The van der Waals surface area contributed by atoms with E-state index in [0.717, 1.165) is 33.6 Å². The maximum atomic E-state index is 5.30. The minimum Gasteiger partial charge on any atom is -0.495 e. The van der Waals surface area contributed by atoms with Crippen LogP contribution in [0.15, 0.2) is 54.7 Å². The van der Waals surface area contributed by atoms with Gasteiger partial charge in [0.25, 0.3) is 0 Å². The van der Waals surface area contributed by atoms with Gasteiger partial charge in [0.1, 0.15) is 11.4 Å². The minimum atomic E-state index is 0.560. The van der Waals surface area contributed by atoms with Crippen LogP contribution in [-0.2, 0) is 0 Å². The fourth-order valence-electron chi connectivity index (χ4n) is 2.94. The lowest BCUT2D eigenvalue weighted by Gasteiger charge is -2.10. The standard InChI is InChI=1S/C21H18N4O2/c1-13-18(26-2)10-9-17(23-13)21-24-16-7-5-4-6-15(16)20(25-21)14-8-11-19(27-3)22-12-14/h4-12H,1-3H3. The Balaban J connectivity index is 1.91. The number of methoxy groups -OCH3 is 2. The van der Waals surface area contributed by atoms with Crippen molar-refractivity contribution in [3.63, 3.8) is 0 Å².